The lowest BCUT2D eigenvalue weighted by Gasteiger charge is -2.33. The van der Waals surface area contributed by atoms with Crippen molar-refractivity contribution >= 4 is 6.09 Å². The first-order valence-corrected chi connectivity index (χ1v) is 9.49. The Kier molecular flexibility index (Phi) is 6.35. The highest BCUT2D eigenvalue weighted by Crippen LogP contribution is 2.17. The monoisotopic (exact) mass is 368 g/mol. The molecule has 5 heteroatoms. The second-order valence-electron chi connectivity index (χ2n) is 7.28. The summed E-state index contributed by atoms with van der Waals surface area (Å²) in [5, 5.41) is 9.01. The van der Waals surface area contributed by atoms with E-state index < -0.39 is 6.09 Å². The highest BCUT2D eigenvalue weighted by molar-refractivity contribution is 5.65. The van der Waals surface area contributed by atoms with E-state index in [2.05, 4.69) is 61.2 Å². The summed E-state index contributed by atoms with van der Waals surface area (Å²) in [5.74, 6) is 0.935. The maximum absolute atomic E-state index is 11.0. The Bertz CT molecular complexity index is 745. The fourth-order valence-electron chi connectivity index (χ4n) is 3.47. The first kappa shape index (κ1) is 19.2. The number of nitrogens with zero attached hydrogens (tertiary/aromatic N) is 2. The van der Waals surface area contributed by atoms with Crippen molar-refractivity contribution in [2.45, 2.75) is 26.8 Å². The molecule has 5 nitrogen and oxygen atoms in total. The number of benzene rings is 2. The molecular weight excluding hydrogens is 340 g/mol. The Morgan fingerprint density at radius 1 is 0.963 bits per heavy atom. The Labute approximate surface area is 161 Å². The third-order valence-electron chi connectivity index (χ3n) is 4.93. The van der Waals surface area contributed by atoms with Gasteiger partial charge in [-0.05, 0) is 48.2 Å². The minimum absolute atomic E-state index is 0.586. The van der Waals surface area contributed by atoms with E-state index in [1.54, 1.807) is 0 Å². The summed E-state index contributed by atoms with van der Waals surface area (Å²) in [5.41, 5.74) is 4.97. The van der Waals surface area contributed by atoms with Gasteiger partial charge in [-0.2, -0.15) is 0 Å². The van der Waals surface area contributed by atoms with Crippen molar-refractivity contribution in [2.75, 3.05) is 32.8 Å². The lowest BCUT2D eigenvalue weighted by atomic mass is 10.1. The molecule has 0 aliphatic carbocycles. The molecule has 1 heterocycles. The van der Waals surface area contributed by atoms with Crippen LogP contribution in [0.2, 0.25) is 0 Å². The SMILES string of the molecule is Cc1cc(C)cc(OCCc2ccc(CN3CCN(C(=O)O)CC3)cc2)c1. The van der Waals surface area contributed by atoms with Gasteiger partial charge in [-0.25, -0.2) is 4.79 Å². The predicted octanol–water partition coefficient (Wildman–Crippen LogP) is 3.72. The summed E-state index contributed by atoms with van der Waals surface area (Å²) < 4.78 is 5.89. The molecule has 0 bridgehead atoms. The second kappa shape index (κ2) is 8.91. The van der Waals surface area contributed by atoms with Gasteiger partial charge in [0.1, 0.15) is 5.75 Å². The van der Waals surface area contributed by atoms with Crippen LogP contribution in [0.5, 0.6) is 5.75 Å². The van der Waals surface area contributed by atoms with Crippen LogP contribution in [-0.4, -0.2) is 53.8 Å². The molecule has 0 radical (unpaired) electrons. The maximum atomic E-state index is 11.0. The molecule has 144 valence electrons. The van der Waals surface area contributed by atoms with E-state index in [-0.39, 0.29) is 0 Å². The van der Waals surface area contributed by atoms with Gasteiger partial charge in [0.15, 0.2) is 0 Å². The molecule has 0 aromatic heterocycles. The molecule has 1 aliphatic heterocycles. The number of ether oxygens (including phenoxy) is 1. The number of hydrogen-bond acceptors (Lipinski definition) is 3. The Hall–Kier alpha value is -2.53. The van der Waals surface area contributed by atoms with Crippen molar-refractivity contribution in [1.29, 1.82) is 0 Å². The summed E-state index contributed by atoms with van der Waals surface area (Å²) in [6, 6.07) is 14.9. The van der Waals surface area contributed by atoms with E-state index in [0.717, 1.165) is 31.8 Å². The van der Waals surface area contributed by atoms with Gasteiger partial charge in [-0.15, -0.1) is 0 Å². The van der Waals surface area contributed by atoms with Gasteiger partial charge in [0.05, 0.1) is 6.61 Å². The number of hydrogen-bond donors (Lipinski definition) is 1. The summed E-state index contributed by atoms with van der Waals surface area (Å²) in [6.45, 7) is 8.45. The molecule has 3 rings (SSSR count). The summed E-state index contributed by atoms with van der Waals surface area (Å²) in [4.78, 5) is 14.7. The molecular formula is C22H28N2O3. The van der Waals surface area contributed by atoms with E-state index >= 15 is 0 Å². The predicted molar refractivity (Wildman–Crippen MR) is 106 cm³/mol. The van der Waals surface area contributed by atoms with Crippen molar-refractivity contribution < 1.29 is 14.6 Å². The minimum atomic E-state index is -0.818. The average Bonchev–Trinajstić information content (AvgIpc) is 2.63. The summed E-state index contributed by atoms with van der Waals surface area (Å²) in [7, 11) is 0. The molecule has 1 N–H and O–H groups in total. The Morgan fingerprint density at radius 3 is 2.15 bits per heavy atom. The van der Waals surface area contributed by atoms with E-state index in [1.165, 1.54) is 27.2 Å². The fourth-order valence-corrected chi connectivity index (χ4v) is 3.47. The number of carboxylic acid groups (broad SMARTS) is 1. The van der Waals surface area contributed by atoms with E-state index in [0.29, 0.717) is 19.7 Å². The highest BCUT2D eigenvalue weighted by Gasteiger charge is 2.20. The van der Waals surface area contributed by atoms with Crippen molar-refractivity contribution in [3.05, 3.63) is 64.7 Å². The minimum Gasteiger partial charge on any atom is -0.493 e. The highest BCUT2D eigenvalue weighted by atomic mass is 16.5. The zero-order valence-electron chi connectivity index (χ0n) is 16.1. The molecule has 0 unspecified atom stereocenters. The Balaban J connectivity index is 1.44. The second-order valence-corrected chi connectivity index (χ2v) is 7.28. The van der Waals surface area contributed by atoms with Crippen LogP contribution in [0.15, 0.2) is 42.5 Å². The van der Waals surface area contributed by atoms with Crippen LogP contribution in [0.25, 0.3) is 0 Å². The summed E-state index contributed by atoms with van der Waals surface area (Å²) >= 11 is 0. The largest absolute Gasteiger partial charge is 0.493 e. The molecule has 1 saturated heterocycles. The maximum Gasteiger partial charge on any atom is 0.407 e. The van der Waals surface area contributed by atoms with E-state index in [9.17, 15) is 4.79 Å². The Morgan fingerprint density at radius 2 is 1.56 bits per heavy atom. The lowest BCUT2D eigenvalue weighted by Crippen LogP contribution is -2.47. The van der Waals surface area contributed by atoms with Crippen molar-refractivity contribution in [2.24, 2.45) is 0 Å². The molecule has 1 amide bonds. The van der Waals surface area contributed by atoms with Crippen LogP contribution >= 0.6 is 0 Å². The lowest BCUT2D eigenvalue weighted by molar-refractivity contribution is 0.103. The van der Waals surface area contributed by atoms with Crippen molar-refractivity contribution in [3.8, 4) is 5.75 Å². The van der Waals surface area contributed by atoms with Gasteiger partial charge >= 0.3 is 6.09 Å². The normalized spacial score (nSPS) is 15.0. The van der Waals surface area contributed by atoms with Crippen LogP contribution in [0.4, 0.5) is 4.79 Å². The first-order chi connectivity index (χ1) is 13.0. The van der Waals surface area contributed by atoms with E-state index in [1.807, 2.05) is 0 Å². The molecule has 1 aliphatic rings. The molecule has 1 fully saturated rings. The zero-order chi connectivity index (χ0) is 19.2. The fraction of sp³-hybridized carbons (Fsp3) is 0.409. The van der Waals surface area contributed by atoms with Gasteiger partial charge in [-0.1, -0.05) is 30.3 Å². The van der Waals surface area contributed by atoms with Gasteiger partial charge < -0.3 is 14.7 Å². The van der Waals surface area contributed by atoms with Crippen LogP contribution in [-0.2, 0) is 13.0 Å². The smallest absolute Gasteiger partial charge is 0.407 e. The van der Waals surface area contributed by atoms with Gasteiger partial charge in [0.2, 0.25) is 0 Å². The third kappa shape index (κ3) is 5.73. The molecule has 27 heavy (non-hydrogen) atoms. The van der Waals surface area contributed by atoms with E-state index in [4.69, 9.17) is 9.84 Å². The first-order valence-electron chi connectivity index (χ1n) is 9.49. The quantitative estimate of drug-likeness (QED) is 0.844. The van der Waals surface area contributed by atoms with Crippen LogP contribution in [0.3, 0.4) is 0 Å². The third-order valence-corrected chi connectivity index (χ3v) is 4.93. The molecule has 2 aromatic carbocycles. The number of piperazine rings is 1. The van der Waals surface area contributed by atoms with Gasteiger partial charge in [0.25, 0.3) is 0 Å². The van der Waals surface area contributed by atoms with Gasteiger partial charge in [-0.3, -0.25) is 4.90 Å². The number of amides is 1. The number of rotatable bonds is 6. The average molecular weight is 368 g/mol. The van der Waals surface area contributed by atoms with Gasteiger partial charge in [0, 0.05) is 39.1 Å². The number of carbonyl (C=O) groups is 1. The van der Waals surface area contributed by atoms with Crippen LogP contribution in [0, 0.1) is 13.8 Å². The van der Waals surface area contributed by atoms with Crippen LogP contribution in [0.1, 0.15) is 22.3 Å². The zero-order valence-corrected chi connectivity index (χ0v) is 16.1. The van der Waals surface area contributed by atoms with Crippen LogP contribution < -0.4 is 4.74 Å². The molecule has 0 atom stereocenters. The topological polar surface area (TPSA) is 53.0 Å². The number of aryl methyl sites for hydroxylation is 2. The standard InChI is InChI=1S/C22H28N2O3/c1-17-13-18(2)15-21(14-17)27-12-7-19-3-5-20(6-4-19)16-23-8-10-24(11-9-23)22(25)26/h3-6,13-15H,7-12,16H2,1-2H3,(H,25,26). The van der Waals surface area contributed by atoms with Crippen molar-refractivity contribution in [1.82, 2.24) is 9.80 Å². The molecule has 0 saturated carbocycles. The molecule has 0 spiro atoms. The molecule has 2 aromatic rings. The van der Waals surface area contributed by atoms with Crippen molar-refractivity contribution in [3.63, 3.8) is 0 Å². The summed E-state index contributed by atoms with van der Waals surface area (Å²) in [6.07, 6.45) is 0.0620.